The lowest BCUT2D eigenvalue weighted by atomic mass is 10.1. The number of rotatable bonds is 5. The van der Waals surface area contributed by atoms with Crippen molar-refractivity contribution in [3.63, 3.8) is 0 Å². The monoisotopic (exact) mass is 433 g/mol. The van der Waals surface area contributed by atoms with Crippen LogP contribution in [0.4, 0.5) is 0 Å². The highest BCUT2D eigenvalue weighted by molar-refractivity contribution is 6.00. The fourth-order valence-electron chi connectivity index (χ4n) is 3.60. The van der Waals surface area contributed by atoms with Gasteiger partial charge in [-0.1, -0.05) is 18.2 Å². The molecule has 1 saturated heterocycles. The maximum absolute atomic E-state index is 13.3. The van der Waals surface area contributed by atoms with Crippen LogP contribution in [0.1, 0.15) is 16.8 Å². The Morgan fingerprint density at radius 2 is 1.97 bits per heavy atom. The summed E-state index contributed by atoms with van der Waals surface area (Å²) in [4.78, 5) is 19.4. The standard InChI is InChI=1S/C21H23N5O.2ClH/c1-22-12-16-9-11-25(14-16)21(27)19-15-26(18-7-3-2-4-8-18)24-20(19)17-6-5-10-23-13-17;;/h2-8,10,13,15-16,22H,9,11-12,14H2,1H3;2*1H. The number of likely N-dealkylation sites (tertiary alicyclic amines) is 1. The van der Waals surface area contributed by atoms with E-state index in [0.717, 1.165) is 37.3 Å². The lowest BCUT2D eigenvalue weighted by molar-refractivity contribution is 0.0788. The van der Waals surface area contributed by atoms with Gasteiger partial charge in [-0.2, -0.15) is 5.10 Å². The molecule has 2 aromatic heterocycles. The van der Waals surface area contributed by atoms with E-state index >= 15 is 0 Å². The summed E-state index contributed by atoms with van der Waals surface area (Å²) in [7, 11) is 1.95. The van der Waals surface area contributed by atoms with Gasteiger partial charge in [0.05, 0.1) is 11.3 Å². The van der Waals surface area contributed by atoms with Gasteiger partial charge in [0.2, 0.25) is 0 Å². The molecule has 0 bridgehead atoms. The summed E-state index contributed by atoms with van der Waals surface area (Å²) in [6.45, 7) is 2.50. The first-order chi connectivity index (χ1) is 13.3. The number of halogens is 2. The van der Waals surface area contributed by atoms with Gasteiger partial charge in [-0.25, -0.2) is 4.68 Å². The zero-order valence-corrected chi connectivity index (χ0v) is 17.8. The van der Waals surface area contributed by atoms with E-state index in [4.69, 9.17) is 5.10 Å². The largest absolute Gasteiger partial charge is 0.338 e. The highest BCUT2D eigenvalue weighted by atomic mass is 35.5. The molecule has 1 aliphatic rings. The summed E-state index contributed by atoms with van der Waals surface area (Å²) in [5.41, 5.74) is 3.07. The fourth-order valence-corrected chi connectivity index (χ4v) is 3.60. The van der Waals surface area contributed by atoms with E-state index in [1.807, 2.05) is 60.6 Å². The second-order valence-corrected chi connectivity index (χ2v) is 6.88. The predicted octanol–water partition coefficient (Wildman–Crippen LogP) is 3.46. The Labute approximate surface area is 183 Å². The van der Waals surface area contributed by atoms with Gasteiger partial charge in [0, 0.05) is 37.2 Å². The Balaban J connectivity index is 0.00000150. The van der Waals surface area contributed by atoms with Crippen molar-refractivity contribution in [2.24, 2.45) is 5.92 Å². The topological polar surface area (TPSA) is 63.1 Å². The first kappa shape index (κ1) is 22.9. The van der Waals surface area contributed by atoms with Crippen molar-refractivity contribution >= 4 is 30.7 Å². The van der Waals surface area contributed by atoms with Crippen molar-refractivity contribution in [2.45, 2.75) is 6.42 Å². The molecule has 3 aromatic rings. The minimum Gasteiger partial charge on any atom is -0.338 e. The molecule has 3 heterocycles. The molecule has 29 heavy (non-hydrogen) atoms. The van der Waals surface area contributed by atoms with Gasteiger partial charge in [0.15, 0.2) is 0 Å². The van der Waals surface area contributed by atoms with Crippen molar-refractivity contribution in [3.05, 3.63) is 66.6 Å². The third kappa shape index (κ3) is 4.96. The van der Waals surface area contributed by atoms with E-state index in [2.05, 4.69) is 10.3 Å². The quantitative estimate of drug-likeness (QED) is 0.668. The van der Waals surface area contributed by atoms with Crippen LogP contribution in [0.2, 0.25) is 0 Å². The highest BCUT2D eigenvalue weighted by Crippen LogP contribution is 2.26. The van der Waals surface area contributed by atoms with Crippen molar-refractivity contribution in [1.29, 1.82) is 0 Å². The van der Waals surface area contributed by atoms with Gasteiger partial charge in [-0.3, -0.25) is 9.78 Å². The van der Waals surface area contributed by atoms with Crippen LogP contribution in [-0.4, -0.2) is 52.3 Å². The van der Waals surface area contributed by atoms with Gasteiger partial charge >= 0.3 is 0 Å². The zero-order chi connectivity index (χ0) is 18.6. The van der Waals surface area contributed by atoms with E-state index < -0.39 is 0 Å². The van der Waals surface area contributed by atoms with Crippen LogP contribution in [0.5, 0.6) is 0 Å². The Morgan fingerprint density at radius 1 is 1.17 bits per heavy atom. The molecule has 1 N–H and O–H groups in total. The second kappa shape index (κ2) is 10.4. The van der Waals surface area contributed by atoms with E-state index in [0.29, 0.717) is 17.2 Å². The number of hydrogen-bond acceptors (Lipinski definition) is 4. The number of hydrogen-bond donors (Lipinski definition) is 1. The molecular formula is C21H25Cl2N5O. The number of para-hydroxylation sites is 1. The van der Waals surface area contributed by atoms with Gasteiger partial charge in [-0.15, -0.1) is 24.8 Å². The van der Waals surface area contributed by atoms with Gasteiger partial charge in [0.25, 0.3) is 5.91 Å². The molecule has 1 unspecified atom stereocenters. The molecule has 4 rings (SSSR count). The number of carbonyl (C=O) groups excluding carboxylic acids is 1. The first-order valence-electron chi connectivity index (χ1n) is 9.25. The summed E-state index contributed by atoms with van der Waals surface area (Å²) in [6.07, 6.45) is 6.34. The molecule has 1 amide bonds. The molecule has 0 saturated carbocycles. The van der Waals surface area contributed by atoms with Crippen LogP contribution in [0.3, 0.4) is 0 Å². The second-order valence-electron chi connectivity index (χ2n) is 6.88. The molecule has 1 aliphatic heterocycles. The van der Waals surface area contributed by atoms with Crippen molar-refractivity contribution in [2.75, 3.05) is 26.7 Å². The van der Waals surface area contributed by atoms with Crippen LogP contribution in [0.25, 0.3) is 16.9 Å². The molecule has 0 spiro atoms. The zero-order valence-electron chi connectivity index (χ0n) is 16.2. The number of pyridine rings is 1. The first-order valence-corrected chi connectivity index (χ1v) is 9.25. The average Bonchev–Trinajstić information content (AvgIpc) is 3.37. The molecule has 6 nitrogen and oxygen atoms in total. The van der Waals surface area contributed by atoms with Gasteiger partial charge < -0.3 is 10.2 Å². The smallest absolute Gasteiger partial charge is 0.257 e. The van der Waals surface area contributed by atoms with E-state index in [-0.39, 0.29) is 30.7 Å². The number of carbonyl (C=O) groups is 1. The third-order valence-corrected chi connectivity index (χ3v) is 4.97. The Bertz CT molecular complexity index is 917. The Morgan fingerprint density at radius 3 is 2.66 bits per heavy atom. The molecular weight excluding hydrogens is 409 g/mol. The number of benzene rings is 1. The number of aromatic nitrogens is 3. The average molecular weight is 434 g/mol. The Kier molecular flexibility index (Phi) is 8.20. The van der Waals surface area contributed by atoms with E-state index in [9.17, 15) is 4.79 Å². The normalized spacial score (nSPS) is 15.5. The molecule has 154 valence electrons. The molecule has 0 radical (unpaired) electrons. The van der Waals surface area contributed by atoms with Crippen LogP contribution in [0.15, 0.2) is 61.1 Å². The summed E-state index contributed by atoms with van der Waals surface area (Å²) < 4.78 is 1.77. The summed E-state index contributed by atoms with van der Waals surface area (Å²) in [6, 6.07) is 13.7. The minimum absolute atomic E-state index is 0. The molecule has 0 aliphatic carbocycles. The summed E-state index contributed by atoms with van der Waals surface area (Å²) >= 11 is 0. The molecule has 1 aromatic carbocycles. The maximum atomic E-state index is 13.3. The highest BCUT2D eigenvalue weighted by Gasteiger charge is 2.29. The molecule has 8 heteroatoms. The van der Waals surface area contributed by atoms with Crippen LogP contribution < -0.4 is 5.32 Å². The third-order valence-electron chi connectivity index (χ3n) is 4.97. The fraction of sp³-hybridized carbons (Fsp3) is 0.286. The van der Waals surface area contributed by atoms with Crippen molar-refractivity contribution in [1.82, 2.24) is 25.0 Å². The molecule has 1 atom stereocenters. The van der Waals surface area contributed by atoms with Gasteiger partial charge in [-0.05, 0) is 50.2 Å². The van der Waals surface area contributed by atoms with Crippen LogP contribution in [-0.2, 0) is 0 Å². The summed E-state index contributed by atoms with van der Waals surface area (Å²) in [5.74, 6) is 0.541. The molecule has 1 fully saturated rings. The van der Waals surface area contributed by atoms with Crippen molar-refractivity contribution in [3.8, 4) is 16.9 Å². The lowest BCUT2D eigenvalue weighted by Gasteiger charge is -2.16. The van der Waals surface area contributed by atoms with E-state index in [1.165, 1.54) is 0 Å². The lowest BCUT2D eigenvalue weighted by Crippen LogP contribution is -2.30. The predicted molar refractivity (Wildman–Crippen MR) is 119 cm³/mol. The summed E-state index contributed by atoms with van der Waals surface area (Å²) in [5, 5.41) is 7.92. The number of nitrogens with one attached hydrogen (secondary N) is 1. The van der Waals surface area contributed by atoms with E-state index in [1.54, 1.807) is 17.1 Å². The van der Waals surface area contributed by atoms with Crippen LogP contribution in [0, 0.1) is 5.92 Å². The maximum Gasteiger partial charge on any atom is 0.257 e. The number of nitrogens with zero attached hydrogens (tertiary/aromatic N) is 4. The Hall–Kier alpha value is -2.41. The van der Waals surface area contributed by atoms with Gasteiger partial charge in [0.1, 0.15) is 5.69 Å². The minimum atomic E-state index is 0. The SMILES string of the molecule is CNCC1CCN(C(=O)c2cn(-c3ccccc3)nc2-c2cccnc2)C1.Cl.Cl. The number of amides is 1. The van der Waals surface area contributed by atoms with Crippen LogP contribution >= 0.6 is 24.8 Å². The van der Waals surface area contributed by atoms with Crippen molar-refractivity contribution < 1.29 is 4.79 Å².